The quantitative estimate of drug-likeness (QED) is 0.0810. The van der Waals surface area contributed by atoms with Crippen molar-refractivity contribution in [3.8, 4) is 11.1 Å². The number of fused-ring (bicyclic) bond motifs is 3. The number of amides is 2. The van der Waals surface area contributed by atoms with Crippen molar-refractivity contribution < 1.29 is 50.2 Å². The van der Waals surface area contributed by atoms with Crippen molar-refractivity contribution in [2.45, 2.75) is 125 Å². The van der Waals surface area contributed by atoms with Gasteiger partial charge in [0.15, 0.2) is 5.60 Å². The molecule has 8 rings (SSSR count). The minimum atomic E-state index is -5.79. The van der Waals surface area contributed by atoms with Crippen molar-refractivity contribution in [1.82, 2.24) is 10.2 Å². The summed E-state index contributed by atoms with van der Waals surface area (Å²) in [5.41, 5.74) is 3.97. The Morgan fingerprint density at radius 1 is 0.629 bits per heavy atom. The molecule has 2 atom stereocenters. The molecule has 1 aliphatic heterocycles. The molecule has 1 heterocycles. The van der Waals surface area contributed by atoms with Crippen LogP contribution in [0, 0.1) is 0 Å². The number of hydrogen-bond donors (Lipinski definition) is 1. The number of alkyl halides is 6. The Morgan fingerprint density at radius 3 is 1.67 bits per heavy atom. The van der Waals surface area contributed by atoms with Gasteiger partial charge in [-0.2, -0.15) is 26.3 Å². The summed E-state index contributed by atoms with van der Waals surface area (Å²) in [5, 5.41) is 2.42. The lowest BCUT2D eigenvalue weighted by Crippen LogP contribution is -2.69. The number of nitrogens with zero attached hydrogens (tertiary/aromatic N) is 1. The maximum absolute atomic E-state index is 14.9. The lowest BCUT2D eigenvalue weighted by Gasteiger charge is -2.43. The third-order valence-corrected chi connectivity index (χ3v) is 14.5. The van der Waals surface area contributed by atoms with Crippen LogP contribution in [0.5, 0.6) is 0 Å². The van der Waals surface area contributed by atoms with E-state index in [-0.39, 0.29) is 22.4 Å². The Morgan fingerprint density at radius 2 is 1.11 bits per heavy atom. The molecule has 1 N–H and O–H groups in total. The summed E-state index contributed by atoms with van der Waals surface area (Å²) >= 11 is 6.97. The van der Waals surface area contributed by atoms with Gasteiger partial charge in [-0.1, -0.05) is 197 Å². The summed E-state index contributed by atoms with van der Waals surface area (Å²) in [4.78, 5) is 42.5. The van der Waals surface area contributed by atoms with Crippen molar-refractivity contribution in [3.05, 3.63) is 166 Å². The minimum Gasteiger partial charge on any atom is -0.449 e. The van der Waals surface area contributed by atoms with E-state index < -0.39 is 72.8 Å². The zero-order valence-electron chi connectivity index (χ0n) is 38.8. The van der Waals surface area contributed by atoms with Gasteiger partial charge in [0.2, 0.25) is 5.91 Å². The molecule has 1 saturated heterocycles. The predicted molar refractivity (Wildman–Crippen MR) is 256 cm³/mol. The number of benzene rings is 5. The van der Waals surface area contributed by atoms with E-state index in [4.69, 9.17) is 21.1 Å². The number of piperidine rings is 1. The summed E-state index contributed by atoms with van der Waals surface area (Å²) in [6.07, 6.45) is 11.5. The van der Waals surface area contributed by atoms with Crippen molar-refractivity contribution in [2.24, 2.45) is 0 Å². The Bertz CT molecular complexity index is 2540. The van der Waals surface area contributed by atoms with Gasteiger partial charge in [-0.25, -0.2) is 4.79 Å². The van der Waals surface area contributed by atoms with Crippen LogP contribution >= 0.6 is 11.6 Å². The van der Waals surface area contributed by atoms with Gasteiger partial charge in [0.25, 0.3) is 0 Å². The summed E-state index contributed by atoms with van der Waals surface area (Å²) in [5.74, 6) is -19.6. The van der Waals surface area contributed by atoms with Crippen LogP contribution in [0.2, 0.25) is 5.02 Å². The monoisotopic (exact) mass is 986 g/mol. The average molecular weight is 988 g/mol. The fourth-order valence-corrected chi connectivity index (χ4v) is 10.7. The molecule has 5 aromatic carbocycles. The molecule has 1 unspecified atom stereocenters. The molecule has 0 bridgehead atoms. The van der Waals surface area contributed by atoms with Gasteiger partial charge in [0.1, 0.15) is 12.6 Å². The number of halogens is 7. The van der Waals surface area contributed by atoms with E-state index in [0.717, 1.165) is 66.3 Å². The number of ether oxygens (including phenoxy) is 2. The van der Waals surface area contributed by atoms with Gasteiger partial charge in [0, 0.05) is 27.6 Å². The topological polar surface area (TPSA) is 84.9 Å². The van der Waals surface area contributed by atoms with Gasteiger partial charge in [-0.05, 0) is 52.6 Å². The number of esters is 1. The number of hydrogen-bond acceptors (Lipinski definition) is 5. The molecule has 5 aromatic rings. The lowest BCUT2D eigenvalue weighted by molar-refractivity contribution is -0.335. The molecular formula is C56H57ClF6N2O5. The standard InChI is InChI=1S/C56H57ClF6N2O5/c57-48-29-19-18-28-47(48)55(40-22-12-9-13-23-40,41-32-30-39(31-33-41)38-20-10-7-5-3-1-2-4-6-8-11-21-38)70-50(66)34-49(51(67)65-36-53(58,59)56(62,63)54(60,61)37-65)64-52(68)69-35-46-44-26-16-14-24-42(44)43-25-15-17-27-45(43)46/h9,12-19,22-33,38,46,49H,1-8,10-11,20-21,34-37H2,(H,64,68)/t49-,55?/m0/s1. The second-order valence-electron chi connectivity index (χ2n) is 18.8. The highest BCUT2D eigenvalue weighted by molar-refractivity contribution is 6.31. The van der Waals surface area contributed by atoms with Gasteiger partial charge in [-0.3, -0.25) is 9.59 Å². The maximum Gasteiger partial charge on any atom is 0.407 e. The normalized spacial score (nSPS) is 19.7. The number of carbonyl (C=O) groups excluding carboxylic acids is 3. The van der Waals surface area contributed by atoms with Gasteiger partial charge >= 0.3 is 29.8 Å². The molecule has 2 aliphatic carbocycles. The van der Waals surface area contributed by atoms with Gasteiger partial charge < -0.3 is 19.7 Å². The highest BCUT2D eigenvalue weighted by Gasteiger charge is 2.75. The first-order chi connectivity index (χ1) is 33.6. The van der Waals surface area contributed by atoms with Crippen LogP contribution in [0.25, 0.3) is 11.1 Å². The fourth-order valence-electron chi connectivity index (χ4n) is 10.5. The van der Waals surface area contributed by atoms with E-state index in [1.165, 1.54) is 38.5 Å². The second kappa shape index (κ2) is 21.7. The van der Waals surface area contributed by atoms with E-state index >= 15 is 0 Å². The number of rotatable bonds is 11. The van der Waals surface area contributed by atoms with Crippen LogP contribution in [0.3, 0.4) is 0 Å². The fraction of sp³-hybridized carbons (Fsp3) is 0.411. The number of nitrogens with one attached hydrogen (secondary N) is 1. The summed E-state index contributed by atoms with van der Waals surface area (Å²) in [6, 6.07) is 35.8. The molecule has 0 aromatic heterocycles. The van der Waals surface area contributed by atoms with Gasteiger partial charge in [-0.15, -0.1) is 0 Å². The summed E-state index contributed by atoms with van der Waals surface area (Å²) < 4.78 is 100. The Labute approximate surface area is 409 Å². The van der Waals surface area contributed by atoms with Crippen molar-refractivity contribution in [2.75, 3.05) is 19.7 Å². The Hall–Kier alpha value is -5.82. The SMILES string of the molecule is O=C(C[C@H](NC(=O)OCC1c2ccccc2-c2ccccc21)C(=O)N1CC(F)(F)C(F)(F)C(F)(F)C1)OC(c1ccccc1)(c1ccc(C2CCCCCCCCCCCC2)cc1)c1ccccc1Cl. The molecule has 0 radical (unpaired) electrons. The third kappa shape index (κ3) is 10.6. The first kappa shape index (κ1) is 50.6. The van der Waals surface area contributed by atoms with E-state index in [1.807, 2.05) is 72.8 Å². The van der Waals surface area contributed by atoms with E-state index in [0.29, 0.717) is 16.7 Å². The molecule has 3 aliphatic rings. The van der Waals surface area contributed by atoms with E-state index in [1.54, 1.807) is 54.6 Å². The van der Waals surface area contributed by atoms with Crippen LogP contribution in [0.4, 0.5) is 31.1 Å². The Kier molecular flexibility index (Phi) is 15.7. The maximum atomic E-state index is 14.9. The number of alkyl carbamates (subject to hydrolysis) is 1. The molecule has 14 heteroatoms. The van der Waals surface area contributed by atoms with E-state index in [9.17, 15) is 40.7 Å². The zero-order valence-corrected chi connectivity index (χ0v) is 39.6. The zero-order chi connectivity index (χ0) is 49.5. The van der Waals surface area contributed by atoms with Crippen molar-refractivity contribution >= 4 is 29.6 Å². The van der Waals surface area contributed by atoms with Crippen LogP contribution in [-0.4, -0.2) is 66.4 Å². The first-order valence-electron chi connectivity index (χ1n) is 24.3. The largest absolute Gasteiger partial charge is 0.449 e. The van der Waals surface area contributed by atoms with E-state index in [2.05, 4.69) is 5.32 Å². The third-order valence-electron chi connectivity index (χ3n) is 14.2. The first-order valence-corrected chi connectivity index (χ1v) is 24.7. The van der Waals surface area contributed by atoms with Crippen LogP contribution in [-0.2, 0) is 24.7 Å². The molecule has 0 spiro atoms. The van der Waals surface area contributed by atoms with Crippen molar-refractivity contribution in [1.29, 1.82) is 0 Å². The molecule has 2 amide bonds. The summed E-state index contributed by atoms with van der Waals surface area (Å²) in [6.45, 7) is -4.52. The highest BCUT2D eigenvalue weighted by atomic mass is 35.5. The molecular weight excluding hydrogens is 930 g/mol. The van der Waals surface area contributed by atoms with Crippen LogP contribution in [0.15, 0.2) is 127 Å². The van der Waals surface area contributed by atoms with Crippen LogP contribution < -0.4 is 5.32 Å². The smallest absolute Gasteiger partial charge is 0.407 e. The van der Waals surface area contributed by atoms with Gasteiger partial charge in [0.05, 0.1) is 19.5 Å². The Balaban J connectivity index is 1.12. The molecule has 7 nitrogen and oxygen atoms in total. The lowest BCUT2D eigenvalue weighted by atomic mass is 9.78. The van der Waals surface area contributed by atoms with Crippen LogP contribution in [0.1, 0.15) is 129 Å². The average Bonchev–Trinajstić information content (AvgIpc) is 3.68. The molecule has 70 heavy (non-hydrogen) atoms. The summed E-state index contributed by atoms with van der Waals surface area (Å²) in [7, 11) is 0. The minimum absolute atomic E-state index is 0.166. The number of likely N-dealkylation sites (tertiary alicyclic amines) is 1. The highest BCUT2D eigenvalue weighted by Crippen LogP contribution is 2.50. The predicted octanol–water partition coefficient (Wildman–Crippen LogP) is 14.0. The second-order valence-corrected chi connectivity index (χ2v) is 19.2. The molecule has 1 saturated carbocycles. The number of carbonyl (C=O) groups is 3. The molecule has 370 valence electrons. The molecule has 2 fully saturated rings. The van der Waals surface area contributed by atoms with Crippen molar-refractivity contribution in [3.63, 3.8) is 0 Å².